The van der Waals surface area contributed by atoms with Gasteiger partial charge in [0.1, 0.15) is 18.3 Å². The Labute approximate surface area is 133 Å². The summed E-state index contributed by atoms with van der Waals surface area (Å²) in [5.41, 5.74) is 0.740. The number of hydrogen-bond donors (Lipinski definition) is 0. The maximum atomic E-state index is 14.3. The van der Waals surface area contributed by atoms with E-state index in [9.17, 15) is 14.0 Å². The molecule has 4 nitrogen and oxygen atoms in total. The molecule has 0 saturated carbocycles. The van der Waals surface area contributed by atoms with E-state index in [4.69, 9.17) is 9.47 Å². The molecule has 0 radical (unpaired) electrons. The third-order valence-corrected chi connectivity index (χ3v) is 3.39. The summed E-state index contributed by atoms with van der Waals surface area (Å²) >= 11 is 0. The van der Waals surface area contributed by atoms with Gasteiger partial charge < -0.3 is 9.47 Å². The van der Waals surface area contributed by atoms with Crippen LogP contribution in [-0.2, 0) is 20.9 Å². The average Bonchev–Trinajstić information content (AvgIpc) is 2.55. The van der Waals surface area contributed by atoms with Crippen molar-refractivity contribution in [3.63, 3.8) is 0 Å². The standard InChI is InChI=1S/C18H17FO4/c1-12(20)16(14-9-6-10-15(22-2)17(14)19)18(21)23-11-13-7-4-3-5-8-13/h3-10,16H,11H2,1-2H3. The van der Waals surface area contributed by atoms with Crippen molar-refractivity contribution in [1.82, 2.24) is 0 Å². The van der Waals surface area contributed by atoms with Gasteiger partial charge in [0.05, 0.1) is 7.11 Å². The van der Waals surface area contributed by atoms with Crippen molar-refractivity contribution < 1.29 is 23.5 Å². The Bertz CT molecular complexity index is 697. The lowest BCUT2D eigenvalue weighted by Crippen LogP contribution is -2.23. The lowest BCUT2D eigenvalue weighted by Gasteiger charge is -2.15. The van der Waals surface area contributed by atoms with Crippen LogP contribution < -0.4 is 4.74 Å². The highest BCUT2D eigenvalue weighted by Crippen LogP contribution is 2.28. The van der Waals surface area contributed by atoms with Crippen LogP contribution in [0.25, 0.3) is 0 Å². The van der Waals surface area contributed by atoms with Gasteiger partial charge in [-0.2, -0.15) is 0 Å². The van der Waals surface area contributed by atoms with Gasteiger partial charge in [-0.1, -0.05) is 42.5 Å². The summed E-state index contributed by atoms with van der Waals surface area (Å²) in [6.45, 7) is 1.25. The van der Waals surface area contributed by atoms with Gasteiger partial charge in [0.15, 0.2) is 11.6 Å². The monoisotopic (exact) mass is 316 g/mol. The molecule has 2 rings (SSSR count). The van der Waals surface area contributed by atoms with Gasteiger partial charge in [0.2, 0.25) is 0 Å². The highest BCUT2D eigenvalue weighted by atomic mass is 19.1. The number of hydrogen-bond acceptors (Lipinski definition) is 4. The van der Waals surface area contributed by atoms with Gasteiger partial charge in [0.25, 0.3) is 0 Å². The van der Waals surface area contributed by atoms with Crippen LogP contribution in [0.4, 0.5) is 4.39 Å². The van der Waals surface area contributed by atoms with Crippen LogP contribution in [0.1, 0.15) is 24.0 Å². The normalized spacial score (nSPS) is 11.6. The molecular weight excluding hydrogens is 299 g/mol. The van der Waals surface area contributed by atoms with Gasteiger partial charge in [0, 0.05) is 5.56 Å². The molecule has 1 atom stereocenters. The van der Waals surface area contributed by atoms with E-state index in [0.29, 0.717) is 0 Å². The molecule has 0 aliphatic heterocycles. The van der Waals surface area contributed by atoms with Gasteiger partial charge in [-0.15, -0.1) is 0 Å². The Hall–Kier alpha value is -2.69. The summed E-state index contributed by atoms with van der Waals surface area (Å²) in [4.78, 5) is 24.1. The van der Waals surface area contributed by atoms with Crippen molar-refractivity contribution in [2.24, 2.45) is 0 Å². The minimum atomic E-state index is -1.31. The molecule has 0 spiro atoms. The zero-order valence-corrected chi connectivity index (χ0v) is 12.9. The molecule has 5 heteroatoms. The zero-order chi connectivity index (χ0) is 16.8. The first-order chi connectivity index (χ1) is 11.0. The number of ketones is 1. The van der Waals surface area contributed by atoms with E-state index in [1.807, 2.05) is 18.2 Å². The molecule has 0 aliphatic rings. The Morgan fingerprint density at radius 2 is 1.78 bits per heavy atom. The Morgan fingerprint density at radius 3 is 2.39 bits per heavy atom. The quantitative estimate of drug-likeness (QED) is 0.606. The molecule has 0 bridgehead atoms. The Morgan fingerprint density at radius 1 is 1.09 bits per heavy atom. The molecule has 0 aromatic heterocycles. The van der Waals surface area contributed by atoms with Crippen molar-refractivity contribution >= 4 is 11.8 Å². The highest BCUT2D eigenvalue weighted by molar-refractivity contribution is 6.03. The summed E-state index contributed by atoms with van der Waals surface area (Å²) in [7, 11) is 1.32. The van der Waals surface area contributed by atoms with E-state index < -0.39 is 23.5 Å². The number of benzene rings is 2. The predicted octanol–water partition coefficient (Wildman–Crippen LogP) is 3.25. The molecular formula is C18H17FO4. The zero-order valence-electron chi connectivity index (χ0n) is 12.9. The van der Waals surface area contributed by atoms with Gasteiger partial charge in [-0.05, 0) is 18.6 Å². The number of halogens is 1. The van der Waals surface area contributed by atoms with Crippen LogP contribution in [0.15, 0.2) is 48.5 Å². The fourth-order valence-corrected chi connectivity index (χ4v) is 2.23. The molecule has 0 saturated heterocycles. The average molecular weight is 316 g/mol. The van der Waals surface area contributed by atoms with Gasteiger partial charge in [-0.25, -0.2) is 4.39 Å². The van der Waals surface area contributed by atoms with Gasteiger partial charge >= 0.3 is 5.97 Å². The number of esters is 1. The molecule has 2 aromatic carbocycles. The molecule has 0 heterocycles. The van der Waals surface area contributed by atoms with E-state index in [-0.39, 0.29) is 17.9 Å². The third-order valence-electron chi connectivity index (χ3n) is 3.39. The molecule has 0 amide bonds. The molecule has 0 fully saturated rings. The minimum Gasteiger partial charge on any atom is -0.494 e. The van der Waals surface area contributed by atoms with Gasteiger partial charge in [-0.3, -0.25) is 9.59 Å². The van der Waals surface area contributed by atoms with E-state index >= 15 is 0 Å². The van der Waals surface area contributed by atoms with Crippen molar-refractivity contribution in [3.8, 4) is 5.75 Å². The van der Waals surface area contributed by atoms with Crippen molar-refractivity contribution in [3.05, 3.63) is 65.5 Å². The maximum absolute atomic E-state index is 14.3. The summed E-state index contributed by atoms with van der Waals surface area (Å²) in [6, 6.07) is 13.4. The first kappa shape index (κ1) is 16.7. The summed E-state index contributed by atoms with van der Waals surface area (Å²) in [5, 5.41) is 0. The largest absolute Gasteiger partial charge is 0.494 e. The smallest absolute Gasteiger partial charge is 0.321 e. The highest BCUT2D eigenvalue weighted by Gasteiger charge is 2.30. The molecule has 0 N–H and O–H groups in total. The first-order valence-electron chi connectivity index (χ1n) is 7.08. The van der Waals surface area contributed by atoms with Crippen molar-refractivity contribution in [2.75, 3.05) is 7.11 Å². The summed E-state index contributed by atoms with van der Waals surface area (Å²) in [6.07, 6.45) is 0. The lowest BCUT2D eigenvalue weighted by atomic mass is 9.94. The number of ether oxygens (including phenoxy) is 2. The maximum Gasteiger partial charge on any atom is 0.321 e. The van der Waals surface area contributed by atoms with E-state index in [1.54, 1.807) is 12.1 Å². The molecule has 0 aliphatic carbocycles. The Balaban J connectivity index is 2.21. The second-order valence-corrected chi connectivity index (χ2v) is 5.00. The summed E-state index contributed by atoms with van der Waals surface area (Å²) in [5.74, 6) is -3.34. The number of rotatable bonds is 6. The van der Waals surface area contributed by atoms with E-state index in [2.05, 4.69) is 0 Å². The Kier molecular flexibility index (Phi) is 5.46. The second-order valence-electron chi connectivity index (χ2n) is 5.00. The second kappa shape index (κ2) is 7.54. The number of Topliss-reactive ketones (excluding diaryl/α,β-unsaturated/α-hetero) is 1. The third kappa shape index (κ3) is 3.94. The topological polar surface area (TPSA) is 52.6 Å². The van der Waals surface area contributed by atoms with E-state index in [1.165, 1.54) is 32.2 Å². The SMILES string of the molecule is COc1cccc(C(C(C)=O)C(=O)OCc2ccccc2)c1F. The van der Waals surface area contributed by atoms with Crippen LogP contribution >= 0.6 is 0 Å². The predicted molar refractivity (Wildman–Crippen MR) is 82.6 cm³/mol. The number of carbonyl (C=O) groups excluding carboxylic acids is 2. The lowest BCUT2D eigenvalue weighted by molar-refractivity contribution is -0.149. The fraction of sp³-hybridized carbons (Fsp3) is 0.222. The number of methoxy groups -OCH3 is 1. The minimum absolute atomic E-state index is 0.0229. The first-order valence-corrected chi connectivity index (χ1v) is 7.08. The van der Waals surface area contributed by atoms with Crippen LogP contribution in [0.2, 0.25) is 0 Å². The van der Waals surface area contributed by atoms with Crippen molar-refractivity contribution in [2.45, 2.75) is 19.4 Å². The van der Waals surface area contributed by atoms with Crippen LogP contribution in [0.5, 0.6) is 5.75 Å². The van der Waals surface area contributed by atoms with Crippen LogP contribution in [0.3, 0.4) is 0 Å². The van der Waals surface area contributed by atoms with Crippen LogP contribution in [0, 0.1) is 5.82 Å². The summed E-state index contributed by atoms with van der Waals surface area (Å²) < 4.78 is 24.4. The molecule has 1 unspecified atom stereocenters. The fourth-order valence-electron chi connectivity index (χ4n) is 2.23. The van der Waals surface area contributed by atoms with Crippen LogP contribution in [-0.4, -0.2) is 18.9 Å². The number of carbonyl (C=O) groups is 2. The molecule has 120 valence electrons. The molecule has 2 aromatic rings. The molecule has 23 heavy (non-hydrogen) atoms. The van der Waals surface area contributed by atoms with Crippen molar-refractivity contribution in [1.29, 1.82) is 0 Å². The van der Waals surface area contributed by atoms with E-state index in [0.717, 1.165) is 5.56 Å².